The highest BCUT2D eigenvalue weighted by Crippen LogP contribution is 2.38. The van der Waals surface area contributed by atoms with Crippen molar-refractivity contribution in [3.8, 4) is 23.0 Å². The van der Waals surface area contributed by atoms with E-state index in [0.717, 1.165) is 24.0 Å². The van der Waals surface area contributed by atoms with E-state index in [1.807, 2.05) is 42.5 Å². The predicted octanol–water partition coefficient (Wildman–Crippen LogP) is 2.40. The molecule has 8 N–H and O–H groups in total. The van der Waals surface area contributed by atoms with Crippen LogP contribution in [0.15, 0.2) is 30.3 Å². The van der Waals surface area contributed by atoms with E-state index in [1.165, 1.54) is 0 Å². The number of unbranched alkanes of at least 4 members (excludes halogenated alkanes) is 1. The molecule has 1 amide bonds. The number of rotatable bonds is 11. The maximum Gasteiger partial charge on any atom is 0.234 e. The van der Waals surface area contributed by atoms with E-state index in [9.17, 15) is 4.79 Å². The summed E-state index contributed by atoms with van der Waals surface area (Å²) < 4.78 is 21.2. The molecule has 0 fully saturated rings. The molecule has 2 aromatic carbocycles. The molecule has 182 valence electrons. The first kappa shape index (κ1) is 27.6. The summed E-state index contributed by atoms with van der Waals surface area (Å²) in [7, 11) is 6.36. The number of carbonyl (C=O) groups is 1. The first-order valence-corrected chi connectivity index (χ1v) is 10.5. The smallest absolute Gasteiger partial charge is 0.234 e. The molecule has 0 unspecified atom stereocenters. The first-order chi connectivity index (χ1) is 15.8. The Hall–Kier alpha value is -3.43. The van der Waals surface area contributed by atoms with Crippen LogP contribution in [-0.2, 0) is 4.79 Å². The number of hydrogen-bond acceptors (Lipinski definition) is 8. The molecule has 0 spiro atoms. The minimum Gasteiger partial charge on any atom is -0.495 e. The third-order valence-electron chi connectivity index (χ3n) is 4.74. The van der Waals surface area contributed by atoms with Crippen molar-refractivity contribution in [1.82, 2.24) is 0 Å². The molecule has 0 saturated heterocycles. The van der Waals surface area contributed by atoms with E-state index in [1.54, 1.807) is 28.4 Å². The van der Waals surface area contributed by atoms with Gasteiger partial charge in [0.2, 0.25) is 11.7 Å². The van der Waals surface area contributed by atoms with E-state index in [-0.39, 0.29) is 0 Å². The summed E-state index contributed by atoms with van der Waals surface area (Å²) in [4.78, 5) is 10.4. The van der Waals surface area contributed by atoms with Gasteiger partial charge in [-0.3, -0.25) is 4.79 Å². The summed E-state index contributed by atoms with van der Waals surface area (Å²) in [6, 6.07) is 8.89. The highest BCUT2D eigenvalue weighted by Gasteiger charge is 2.12. The predicted molar refractivity (Wildman–Crippen MR) is 133 cm³/mol. The fourth-order valence-corrected chi connectivity index (χ4v) is 2.90. The summed E-state index contributed by atoms with van der Waals surface area (Å²) in [5, 5.41) is 0. The van der Waals surface area contributed by atoms with Crippen molar-refractivity contribution in [1.29, 1.82) is 0 Å². The molecule has 0 heterocycles. The van der Waals surface area contributed by atoms with Crippen LogP contribution >= 0.6 is 0 Å². The summed E-state index contributed by atoms with van der Waals surface area (Å²) in [6.45, 7) is 0.644. The monoisotopic (exact) mass is 460 g/mol. The lowest BCUT2D eigenvalue weighted by molar-refractivity contribution is -0.119. The van der Waals surface area contributed by atoms with Gasteiger partial charge in [0.15, 0.2) is 11.5 Å². The molecule has 0 bridgehead atoms. The summed E-state index contributed by atoms with van der Waals surface area (Å²) in [5.41, 5.74) is 23.9. The summed E-state index contributed by atoms with van der Waals surface area (Å²) in [5.74, 6) is 2.02. The van der Waals surface area contributed by atoms with Gasteiger partial charge in [-0.2, -0.15) is 0 Å². The van der Waals surface area contributed by atoms with E-state index in [4.69, 9.17) is 41.9 Å². The van der Waals surface area contributed by atoms with Crippen LogP contribution in [0.25, 0.3) is 12.2 Å². The minimum atomic E-state index is -0.494. The van der Waals surface area contributed by atoms with Crippen LogP contribution in [0.1, 0.15) is 30.4 Å². The number of benzene rings is 2. The maximum absolute atomic E-state index is 10.4. The highest BCUT2D eigenvalue weighted by atomic mass is 16.5. The third kappa shape index (κ3) is 8.91. The number of anilines is 1. The number of amides is 1. The molecule has 1 atom stereocenters. The minimum absolute atomic E-state index is 0.433. The topological polar surface area (TPSA) is 158 Å². The van der Waals surface area contributed by atoms with Crippen LogP contribution in [0.2, 0.25) is 0 Å². The standard InChI is InChI=1S/C18H21NO4.C6H15N3O/c1-20-15-8-7-12(9-14(15)19)5-6-13-10-16(21-2)18(23-4)17(11-13)22-3;7-4-2-1-3-5(8)6(9)10/h5-11H,19H2,1-4H3;5H,1-4,7-8H2,(H2,9,10)/b6-5-;/t;5-/m.0/s1. The lowest BCUT2D eigenvalue weighted by Gasteiger charge is -2.12. The number of methoxy groups -OCH3 is 4. The molecule has 2 aromatic rings. The molecule has 0 saturated carbocycles. The van der Waals surface area contributed by atoms with E-state index in [0.29, 0.717) is 41.7 Å². The largest absolute Gasteiger partial charge is 0.495 e. The second kappa shape index (κ2) is 14.6. The fourth-order valence-electron chi connectivity index (χ4n) is 2.90. The van der Waals surface area contributed by atoms with Crippen molar-refractivity contribution < 1.29 is 23.7 Å². The van der Waals surface area contributed by atoms with Gasteiger partial charge in [0.05, 0.1) is 40.2 Å². The van der Waals surface area contributed by atoms with Crippen molar-refractivity contribution in [2.75, 3.05) is 40.7 Å². The van der Waals surface area contributed by atoms with Crippen LogP contribution in [-0.4, -0.2) is 46.9 Å². The van der Waals surface area contributed by atoms with Crippen LogP contribution in [0, 0.1) is 0 Å². The van der Waals surface area contributed by atoms with Gasteiger partial charge < -0.3 is 41.9 Å². The van der Waals surface area contributed by atoms with Crippen molar-refractivity contribution in [3.05, 3.63) is 41.5 Å². The zero-order chi connectivity index (χ0) is 24.8. The molecular weight excluding hydrogens is 424 g/mol. The zero-order valence-corrected chi connectivity index (χ0v) is 19.8. The Kier molecular flexibility index (Phi) is 12.2. The van der Waals surface area contributed by atoms with E-state index >= 15 is 0 Å². The first-order valence-electron chi connectivity index (χ1n) is 10.5. The van der Waals surface area contributed by atoms with Crippen LogP contribution in [0.5, 0.6) is 23.0 Å². The number of nitrogens with two attached hydrogens (primary N) is 4. The number of primary amides is 1. The van der Waals surface area contributed by atoms with Crippen molar-refractivity contribution >= 4 is 23.7 Å². The average Bonchev–Trinajstić information content (AvgIpc) is 2.82. The number of carbonyl (C=O) groups excluding carboxylic acids is 1. The Morgan fingerprint density at radius 1 is 0.879 bits per heavy atom. The lowest BCUT2D eigenvalue weighted by Crippen LogP contribution is -2.36. The molecule has 9 heteroatoms. The van der Waals surface area contributed by atoms with Gasteiger partial charge in [0.1, 0.15) is 5.75 Å². The molecule has 0 aliphatic carbocycles. The average molecular weight is 461 g/mol. The second-order valence-electron chi connectivity index (χ2n) is 7.09. The molecule has 0 aliphatic heterocycles. The normalized spacial score (nSPS) is 11.3. The summed E-state index contributed by atoms with van der Waals surface area (Å²) >= 11 is 0. The van der Waals surface area contributed by atoms with Gasteiger partial charge in [-0.05, 0) is 54.8 Å². The van der Waals surface area contributed by atoms with Crippen molar-refractivity contribution in [2.24, 2.45) is 17.2 Å². The highest BCUT2D eigenvalue weighted by molar-refractivity contribution is 5.79. The third-order valence-corrected chi connectivity index (χ3v) is 4.74. The van der Waals surface area contributed by atoms with Crippen LogP contribution in [0.4, 0.5) is 5.69 Å². The Balaban J connectivity index is 0.000000461. The number of hydrogen-bond donors (Lipinski definition) is 4. The number of nitrogen functional groups attached to an aromatic ring is 1. The van der Waals surface area contributed by atoms with E-state index in [2.05, 4.69) is 0 Å². The van der Waals surface area contributed by atoms with Crippen molar-refractivity contribution in [3.63, 3.8) is 0 Å². The SMILES string of the molecule is COc1ccc(/C=C\c2cc(OC)c(OC)c(OC)c2)cc1N.NCCCC[C@H](N)C(N)=O. The Morgan fingerprint density at radius 3 is 1.91 bits per heavy atom. The summed E-state index contributed by atoms with van der Waals surface area (Å²) in [6.07, 6.45) is 6.33. The van der Waals surface area contributed by atoms with Gasteiger partial charge in [0.25, 0.3) is 0 Å². The lowest BCUT2D eigenvalue weighted by atomic mass is 10.1. The maximum atomic E-state index is 10.4. The molecule has 33 heavy (non-hydrogen) atoms. The Labute approximate surface area is 195 Å². The van der Waals surface area contributed by atoms with Gasteiger partial charge in [0, 0.05) is 0 Å². The number of ether oxygens (including phenoxy) is 4. The molecule has 0 aliphatic rings. The second-order valence-corrected chi connectivity index (χ2v) is 7.09. The zero-order valence-electron chi connectivity index (χ0n) is 19.8. The van der Waals surface area contributed by atoms with Crippen LogP contribution in [0.3, 0.4) is 0 Å². The molecular formula is C24H36N4O5. The molecule has 2 rings (SSSR count). The van der Waals surface area contributed by atoms with Crippen molar-refractivity contribution in [2.45, 2.75) is 25.3 Å². The molecule has 0 aromatic heterocycles. The van der Waals surface area contributed by atoms with Gasteiger partial charge >= 0.3 is 0 Å². The molecule has 0 radical (unpaired) electrons. The molecule has 9 nitrogen and oxygen atoms in total. The quantitative estimate of drug-likeness (QED) is 0.226. The Bertz CT molecular complexity index is 893. The van der Waals surface area contributed by atoms with Crippen LogP contribution < -0.4 is 41.9 Å². The fraction of sp³-hybridized carbons (Fsp3) is 0.375. The Morgan fingerprint density at radius 2 is 1.45 bits per heavy atom. The van der Waals surface area contributed by atoms with Gasteiger partial charge in [-0.15, -0.1) is 0 Å². The van der Waals surface area contributed by atoms with Gasteiger partial charge in [-0.25, -0.2) is 0 Å². The van der Waals surface area contributed by atoms with E-state index < -0.39 is 11.9 Å². The van der Waals surface area contributed by atoms with Gasteiger partial charge in [-0.1, -0.05) is 24.6 Å².